The SMILES string of the molecule is CCC[C@@H]1C(C#N)=C(N)OC2=C1C(=O)CCC2. The molecule has 0 amide bonds. The Morgan fingerprint density at radius 3 is 2.94 bits per heavy atom. The van der Waals surface area contributed by atoms with Crippen LogP contribution in [0.15, 0.2) is 22.8 Å². The van der Waals surface area contributed by atoms with Crippen LogP contribution in [0.4, 0.5) is 0 Å². The molecule has 1 heterocycles. The Morgan fingerprint density at radius 2 is 2.29 bits per heavy atom. The van der Waals surface area contributed by atoms with Gasteiger partial charge in [0, 0.05) is 24.3 Å². The number of ether oxygens (including phenoxy) is 1. The van der Waals surface area contributed by atoms with Crippen molar-refractivity contribution in [1.82, 2.24) is 0 Å². The van der Waals surface area contributed by atoms with E-state index < -0.39 is 0 Å². The number of nitriles is 1. The van der Waals surface area contributed by atoms with Gasteiger partial charge < -0.3 is 10.5 Å². The number of hydrogen-bond donors (Lipinski definition) is 1. The van der Waals surface area contributed by atoms with E-state index in [-0.39, 0.29) is 17.6 Å². The minimum Gasteiger partial charge on any atom is -0.444 e. The van der Waals surface area contributed by atoms with E-state index in [0.29, 0.717) is 23.3 Å². The zero-order valence-corrected chi connectivity index (χ0v) is 9.95. The molecule has 0 aromatic heterocycles. The maximum absolute atomic E-state index is 12.0. The minimum absolute atomic E-state index is 0.116. The van der Waals surface area contributed by atoms with Gasteiger partial charge in [-0.15, -0.1) is 0 Å². The summed E-state index contributed by atoms with van der Waals surface area (Å²) in [5.41, 5.74) is 6.87. The first kappa shape index (κ1) is 11.7. The van der Waals surface area contributed by atoms with Crippen LogP contribution in [0, 0.1) is 17.2 Å². The molecule has 1 atom stereocenters. The van der Waals surface area contributed by atoms with E-state index >= 15 is 0 Å². The van der Waals surface area contributed by atoms with E-state index in [0.717, 1.165) is 25.7 Å². The third-order valence-corrected chi connectivity index (χ3v) is 3.30. The van der Waals surface area contributed by atoms with Crippen LogP contribution in [0.2, 0.25) is 0 Å². The molecule has 17 heavy (non-hydrogen) atoms. The number of hydrogen-bond acceptors (Lipinski definition) is 4. The van der Waals surface area contributed by atoms with Crippen molar-refractivity contribution in [3.8, 4) is 6.07 Å². The summed E-state index contributed by atoms with van der Waals surface area (Å²) < 4.78 is 5.43. The summed E-state index contributed by atoms with van der Waals surface area (Å²) in [5, 5.41) is 9.13. The van der Waals surface area contributed by atoms with Gasteiger partial charge in [0.15, 0.2) is 5.78 Å². The van der Waals surface area contributed by atoms with Crippen molar-refractivity contribution >= 4 is 5.78 Å². The van der Waals surface area contributed by atoms with Gasteiger partial charge in [-0.2, -0.15) is 5.26 Å². The van der Waals surface area contributed by atoms with Gasteiger partial charge in [0.25, 0.3) is 0 Å². The molecule has 1 aliphatic carbocycles. The zero-order chi connectivity index (χ0) is 12.4. The molecule has 0 spiro atoms. The fourth-order valence-corrected chi connectivity index (χ4v) is 2.54. The summed E-state index contributed by atoms with van der Waals surface area (Å²) in [7, 11) is 0. The fourth-order valence-electron chi connectivity index (χ4n) is 2.54. The number of nitrogens with zero attached hydrogens (tertiary/aromatic N) is 1. The molecule has 1 aliphatic heterocycles. The lowest BCUT2D eigenvalue weighted by Gasteiger charge is -2.30. The Hall–Kier alpha value is -1.76. The highest BCUT2D eigenvalue weighted by atomic mass is 16.5. The molecule has 0 aromatic carbocycles. The molecule has 4 nitrogen and oxygen atoms in total. The third kappa shape index (κ3) is 1.93. The van der Waals surface area contributed by atoms with Gasteiger partial charge in [-0.3, -0.25) is 4.79 Å². The molecule has 0 saturated carbocycles. The Kier molecular flexibility index (Phi) is 3.19. The highest BCUT2D eigenvalue weighted by Crippen LogP contribution is 2.39. The van der Waals surface area contributed by atoms with Crippen molar-refractivity contribution in [3.63, 3.8) is 0 Å². The molecule has 4 heteroatoms. The minimum atomic E-state index is -0.151. The van der Waals surface area contributed by atoms with E-state index in [1.165, 1.54) is 0 Å². The van der Waals surface area contributed by atoms with Crippen LogP contribution in [-0.2, 0) is 9.53 Å². The average molecular weight is 232 g/mol. The lowest BCUT2D eigenvalue weighted by atomic mass is 9.79. The summed E-state index contributed by atoms with van der Waals surface area (Å²) in [6, 6.07) is 2.09. The zero-order valence-electron chi connectivity index (χ0n) is 9.95. The first-order chi connectivity index (χ1) is 8.19. The molecule has 0 bridgehead atoms. The first-order valence-electron chi connectivity index (χ1n) is 6.02. The lowest BCUT2D eigenvalue weighted by Crippen LogP contribution is -2.28. The smallest absolute Gasteiger partial charge is 0.204 e. The summed E-state index contributed by atoms with van der Waals surface area (Å²) in [4.78, 5) is 12.0. The molecule has 0 unspecified atom stereocenters. The van der Waals surface area contributed by atoms with Gasteiger partial charge in [-0.05, 0) is 12.8 Å². The molecule has 0 saturated heterocycles. The van der Waals surface area contributed by atoms with Crippen LogP contribution in [0.25, 0.3) is 0 Å². The summed E-state index contributed by atoms with van der Waals surface area (Å²) >= 11 is 0. The van der Waals surface area contributed by atoms with Crippen LogP contribution >= 0.6 is 0 Å². The second-order valence-electron chi connectivity index (χ2n) is 4.45. The monoisotopic (exact) mass is 232 g/mol. The second kappa shape index (κ2) is 4.62. The molecular formula is C13H16N2O2. The maximum atomic E-state index is 12.0. The van der Waals surface area contributed by atoms with Crippen LogP contribution in [0.1, 0.15) is 39.0 Å². The van der Waals surface area contributed by atoms with Crippen LogP contribution < -0.4 is 5.73 Å². The summed E-state index contributed by atoms with van der Waals surface area (Å²) in [6.07, 6.45) is 3.80. The number of carbonyl (C=O) groups is 1. The molecule has 0 fully saturated rings. The number of Topliss-reactive ketones (excluding diaryl/α,β-unsaturated/α-hetero) is 1. The molecule has 0 radical (unpaired) electrons. The van der Waals surface area contributed by atoms with Crippen LogP contribution in [0.3, 0.4) is 0 Å². The second-order valence-corrected chi connectivity index (χ2v) is 4.45. The third-order valence-electron chi connectivity index (χ3n) is 3.30. The Labute approximate surface area is 101 Å². The lowest BCUT2D eigenvalue weighted by molar-refractivity contribution is -0.117. The van der Waals surface area contributed by atoms with Gasteiger partial charge in [-0.1, -0.05) is 13.3 Å². The summed E-state index contributed by atoms with van der Waals surface area (Å²) in [5.74, 6) is 0.835. The van der Waals surface area contributed by atoms with Crippen molar-refractivity contribution in [2.75, 3.05) is 0 Å². The predicted molar refractivity (Wildman–Crippen MR) is 62.2 cm³/mol. The van der Waals surface area contributed by atoms with Gasteiger partial charge in [-0.25, -0.2) is 0 Å². The van der Waals surface area contributed by atoms with Gasteiger partial charge in [0.2, 0.25) is 5.88 Å². The van der Waals surface area contributed by atoms with Gasteiger partial charge in [0.05, 0.1) is 5.57 Å². The topological polar surface area (TPSA) is 76.1 Å². The highest BCUT2D eigenvalue weighted by molar-refractivity contribution is 5.98. The molecule has 90 valence electrons. The number of carbonyl (C=O) groups excluding carboxylic acids is 1. The molecule has 2 N–H and O–H groups in total. The summed E-state index contributed by atoms with van der Waals surface area (Å²) in [6.45, 7) is 2.04. The molecular weight excluding hydrogens is 216 g/mol. The van der Waals surface area contributed by atoms with Crippen LogP contribution in [-0.4, -0.2) is 5.78 Å². The Morgan fingerprint density at radius 1 is 1.53 bits per heavy atom. The molecule has 2 aliphatic rings. The quantitative estimate of drug-likeness (QED) is 0.791. The molecule has 0 aromatic rings. The van der Waals surface area contributed by atoms with Crippen molar-refractivity contribution in [3.05, 3.63) is 22.8 Å². The van der Waals surface area contributed by atoms with E-state index in [9.17, 15) is 4.79 Å². The van der Waals surface area contributed by atoms with Gasteiger partial charge in [0.1, 0.15) is 11.8 Å². The predicted octanol–water partition coefficient (Wildman–Crippen LogP) is 2.13. The highest BCUT2D eigenvalue weighted by Gasteiger charge is 2.36. The standard InChI is InChI=1S/C13H16N2O2/c1-2-4-8-9(7-14)13(15)17-11-6-3-5-10(16)12(8)11/h8H,2-6,15H2,1H3/t8-/m1/s1. The Bertz CT molecular complexity index is 455. The Balaban J connectivity index is 2.44. The normalized spacial score (nSPS) is 24.2. The molecule has 2 rings (SSSR count). The fraction of sp³-hybridized carbons (Fsp3) is 0.538. The largest absolute Gasteiger partial charge is 0.444 e. The first-order valence-corrected chi connectivity index (χ1v) is 6.02. The van der Waals surface area contributed by atoms with E-state index in [1.807, 2.05) is 6.92 Å². The van der Waals surface area contributed by atoms with E-state index in [2.05, 4.69) is 6.07 Å². The number of nitrogens with two attached hydrogens (primary N) is 1. The number of allylic oxidation sites excluding steroid dienone is 3. The van der Waals surface area contributed by atoms with Crippen molar-refractivity contribution in [1.29, 1.82) is 5.26 Å². The van der Waals surface area contributed by atoms with Gasteiger partial charge >= 0.3 is 0 Å². The number of ketones is 1. The average Bonchev–Trinajstić information content (AvgIpc) is 2.29. The van der Waals surface area contributed by atoms with E-state index in [4.69, 9.17) is 15.7 Å². The van der Waals surface area contributed by atoms with Crippen molar-refractivity contribution < 1.29 is 9.53 Å². The van der Waals surface area contributed by atoms with E-state index in [1.54, 1.807) is 0 Å². The number of rotatable bonds is 2. The van der Waals surface area contributed by atoms with Crippen molar-refractivity contribution in [2.45, 2.75) is 39.0 Å². The maximum Gasteiger partial charge on any atom is 0.204 e. The van der Waals surface area contributed by atoms with Crippen molar-refractivity contribution in [2.24, 2.45) is 11.7 Å². The van der Waals surface area contributed by atoms with Crippen LogP contribution in [0.5, 0.6) is 0 Å².